The minimum absolute atomic E-state index is 0.0164. The van der Waals surface area contributed by atoms with Gasteiger partial charge in [0.1, 0.15) is 17.3 Å². The number of nitrogens with two attached hydrogens (primary N) is 1. The highest BCUT2D eigenvalue weighted by molar-refractivity contribution is 6.32. The summed E-state index contributed by atoms with van der Waals surface area (Å²) in [6.07, 6.45) is 3.21. The van der Waals surface area contributed by atoms with Gasteiger partial charge in [0, 0.05) is 24.0 Å². The van der Waals surface area contributed by atoms with Gasteiger partial charge in [0.2, 0.25) is 0 Å². The highest BCUT2D eigenvalue weighted by atomic mass is 35.5. The van der Waals surface area contributed by atoms with Gasteiger partial charge in [-0.3, -0.25) is 9.48 Å². The molecule has 0 radical (unpaired) electrons. The van der Waals surface area contributed by atoms with Crippen LogP contribution in [0.1, 0.15) is 34.6 Å². The summed E-state index contributed by atoms with van der Waals surface area (Å²) in [5, 5.41) is 4.82. The fourth-order valence-corrected chi connectivity index (χ4v) is 3.47. The smallest absolute Gasteiger partial charge is 0.277 e. The van der Waals surface area contributed by atoms with E-state index in [1.54, 1.807) is 53.4 Å². The number of hydrogen-bond donors (Lipinski definition) is 1. The second-order valence-electron chi connectivity index (χ2n) is 6.66. The van der Waals surface area contributed by atoms with Crippen LogP contribution in [0.4, 0.5) is 11.5 Å². The molecule has 0 fully saturated rings. The number of halogens is 1. The highest BCUT2D eigenvalue weighted by Crippen LogP contribution is 2.33. The van der Waals surface area contributed by atoms with Crippen LogP contribution in [-0.2, 0) is 0 Å². The number of hydrogen-bond acceptors (Lipinski definition) is 5. The normalized spacial score (nSPS) is 15.5. The molecule has 1 aromatic carbocycles. The van der Waals surface area contributed by atoms with Crippen molar-refractivity contribution in [1.29, 1.82) is 0 Å². The van der Waals surface area contributed by atoms with Gasteiger partial charge in [-0.15, -0.1) is 0 Å². The van der Waals surface area contributed by atoms with Crippen LogP contribution in [0.3, 0.4) is 0 Å². The van der Waals surface area contributed by atoms with Gasteiger partial charge in [0.25, 0.3) is 5.91 Å². The number of benzene rings is 1. The summed E-state index contributed by atoms with van der Waals surface area (Å²) >= 11 is 6.25. The van der Waals surface area contributed by atoms with Gasteiger partial charge < -0.3 is 15.4 Å². The average molecular weight is 408 g/mol. The van der Waals surface area contributed by atoms with Crippen molar-refractivity contribution in [3.8, 4) is 17.6 Å². The van der Waals surface area contributed by atoms with Gasteiger partial charge in [-0.05, 0) is 37.3 Å². The van der Waals surface area contributed by atoms with Gasteiger partial charge in [-0.25, -0.2) is 4.98 Å². The van der Waals surface area contributed by atoms with Crippen LogP contribution in [0, 0.1) is 11.8 Å². The van der Waals surface area contributed by atoms with E-state index in [0.29, 0.717) is 45.6 Å². The summed E-state index contributed by atoms with van der Waals surface area (Å²) in [6, 6.07) is 8.73. The van der Waals surface area contributed by atoms with Gasteiger partial charge in [-0.2, -0.15) is 5.10 Å². The summed E-state index contributed by atoms with van der Waals surface area (Å²) in [5.74, 6) is 6.85. The molecule has 8 heteroatoms. The Bertz CT molecular complexity index is 1140. The minimum Gasteiger partial charge on any atom is -0.495 e. The number of rotatable bonds is 2. The molecule has 2 aromatic heterocycles. The van der Waals surface area contributed by atoms with E-state index in [4.69, 9.17) is 22.1 Å². The van der Waals surface area contributed by atoms with Crippen LogP contribution in [0.25, 0.3) is 0 Å². The third kappa shape index (κ3) is 3.50. The van der Waals surface area contributed by atoms with Crippen molar-refractivity contribution in [3.63, 3.8) is 0 Å². The number of pyridine rings is 1. The molecule has 1 aliphatic rings. The number of nitrogens with zero attached hydrogens (tertiary/aromatic N) is 4. The molecule has 3 heterocycles. The maximum atomic E-state index is 13.3. The first-order valence-electron chi connectivity index (χ1n) is 8.94. The monoisotopic (exact) mass is 407 g/mol. The van der Waals surface area contributed by atoms with E-state index in [2.05, 4.69) is 21.9 Å². The predicted molar refractivity (Wildman–Crippen MR) is 111 cm³/mol. The van der Waals surface area contributed by atoms with Crippen LogP contribution in [0.2, 0.25) is 5.02 Å². The lowest BCUT2D eigenvalue weighted by molar-refractivity contribution is 0.0953. The molecule has 146 valence electrons. The van der Waals surface area contributed by atoms with Crippen LogP contribution < -0.4 is 15.4 Å². The molecule has 0 bridgehead atoms. The van der Waals surface area contributed by atoms with Crippen molar-refractivity contribution in [2.75, 3.05) is 24.3 Å². The zero-order chi connectivity index (χ0) is 20.5. The van der Waals surface area contributed by atoms with Crippen molar-refractivity contribution < 1.29 is 9.53 Å². The quantitative estimate of drug-likeness (QED) is 0.659. The van der Waals surface area contributed by atoms with Crippen molar-refractivity contribution in [3.05, 3.63) is 64.6 Å². The number of nitrogen functional groups attached to an aromatic ring is 1. The molecule has 1 aliphatic heterocycles. The fourth-order valence-electron chi connectivity index (χ4n) is 3.22. The zero-order valence-electron chi connectivity index (χ0n) is 15.9. The minimum atomic E-state index is -0.179. The second kappa shape index (κ2) is 7.49. The Labute approximate surface area is 173 Å². The van der Waals surface area contributed by atoms with Crippen LogP contribution >= 0.6 is 11.6 Å². The highest BCUT2D eigenvalue weighted by Gasteiger charge is 2.33. The van der Waals surface area contributed by atoms with E-state index in [1.165, 1.54) is 0 Å². The first-order chi connectivity index (χ1) is 14.0. The molecule has 1 amide bonds. The van der Waals surface area contributed by atoms with Crippen molar-refractivity contribution in [2.24, 2.45) is 0 Å². The number of anilines is 2. The van der Waals surface area contributed by atoms with E-state index in [-0.39, 0.29) is 11.9 Å². The fraction of sp³-hybridized carbons (Fsp3) is 0.190. The summed E-state index contributed by atoms with van der Waals surface area (Å²) < 4.78 is 6.92. The number of methoxy groups -OCH3 is 1. The standard InChI is InChI=1S/C21H18ClN5O2/c1-13-12-26(16-6-7-18(29-2)17(22)9-16)21(28)20-15(11-25-27(13)20)5-3-14-4-8-19(23)24-10-14/h4,6-11,13H,12H2,1-2H3,(H2,23,24)/t13-/m0/s1. The molecule has 0 unspecified atom stereocenters. The van der Waals surface area contributed by atoms with Gasteiger partial charge in [0.15, 0.2) is 0 Å². The third-order valence-corrected chi connectivity index (χ3v) is 4.98. The predicted octanol–water partition coefficient (Wildman–Crippen LogP) is 3.14. The molecule has 7 nitrogen and oxygen atoms in total. The topological polar surface area (TPSA) is 86.3 Å². The SMILES string of the molecule is COc1ccc(N2C[C@H](C)n3ncc(C#Cc4ccc(N)nc4)c3C2=O)cc1Cl. The number of fused-ring (bicyclic) bond motifs is 1. The van der Waals surface area contributed by atoms with Crippen LogP contribution in [0.15, 0.2) is 42.7 Å². The molecular weight excluding hydrogens is 390 g/mol. The van der Waals surface area contributed by atoms with Gasteiger partial charge in [-0.1, -0.05) is 23.4 Å². The Kier molecular flexibility index (Phi) is 4.87. The van der Waals surface area contributed by atoms with Crippen molar-refractivity contribution in [1.82, 2.24) is 14.8 Å². The molecule has 4 rings (SSSR count). The Hall–Kier alpha value is -3.50. The molecule has 29 heavy (non-hydrogen) atoms. The molecule has 0 spiro atoms. The molecular formula is C21H18ClN5O2. The number of amides is 1. The largest absolute Gasteiger partial charge is 0.495 e. The Morgan fingerprint density at radius 3 is 2.76 bits per heavy atom. The number of aromatic nitrogens is 3. The average Bonchev–Trinajstić information content (AvgIpc) is 3.15. The Balaban J connectivity index is 1.70. The lowest BCUT2D eigenvalue weighted by Gasteiger charge is -2.32. The number of ether oxygens (including phenoxy) is 1. The molecule has 1 atom stereocenters. The molecule has 0 aliphatic carbocycles. The van der Waals surface area contributed by atoms with Crippen molar-refractivity contribution >= 4 is 29.0 Å². The van der Waals surface area contributed by atoms with Crippen LogP contribution in [-0.4, -0.2) is 34.3 Å². The van der Waals surface area contributed by atoms with E-state index >= 15 is 0 Å². The van der Waals surface area contributed by atoms with Gasteiger partial charge in [0.05, 0.1) is 29.9 Å². The summed E-state index contributed by atoms with van der Waals surface area (Å²) in [5.41, 5.74) is 8.01. The second-order valence-corrected chi connectivity index (χ2v) is 7.06. The maximum Gasteiger partial charge on any atom is 0.277 e. The van der Waals surface area contributed by atoms with Crippen LogP contribution in [0.5, 0.6) is 5.75 Å². The molecule has 0 saturated heterocycles. The zero-order valence-corrected chi connectivity index (χ0v) is 16.6. The van der Waals surface area contributed by atoms with Crippen molar-refractivity contribution in [2.45, 2.75) is 13.0 Å². The first-order valence-corrected chi connectivity index (χ1v) is 9.32. The Morgan fingerprint density at radius 1 is 1.24 bits per heavy atom. The molecule has 3 aromatic rings. The molecule has 0 saturated carbocycles. The summed E-state index contributed by atoms with van der Waals surface area (Å²) in [4.78, 5) is 19.0. The van der Waals surface area contributed by atoms with E-state index in [0.717, 1.165) is 0 Å². The summed E-state index contributed by atoms with van der Waals surface area (Å²) in [6.45, 7) is 2.48. The lowest BCUT2D eigenvalue weighted by atomic mass is 10.1. The van der Waals surface area contributed by atoms with Gasteiger partial charge >= 0.3 is 0 Å². The van der Waals surface area contributed by atoms with E-state index < -0.39 is 0 Å². The molecule has 2 N–H and O–H groups in total. The Morgan fingerprint density at radius 2 is 2.07 bits per heavy atom. The lowest BCUT2D eigenvalue weighted by Crippen LogP contribution is -2.43. The third-order valence-electron chi connectivity index (χ3n) is 4.68. The number of carbonyl (C=O) groups is 1. The summed E-state index contributed by atoms with van der Waals surface area (Å²) in [7, 11) is 1.55. The number of carbonyl (C=O) groups excluding carboxylic acids is 1. The van der Waals surface area contributed by atoms with E-state index in [9.17, 15) is 4.79 Å². The maximum absolute atomic E-state index is 13.3. The first kappa shape index (κ1) is 18.8. The van der Waals surface area contributed by atoms with E-state index in [1.807, 2.05) is 13.0 Å².